The summed E-state index contributed by atoms with van der Waals surface area (Å²) in [6, 6.07) is 9.77. The lowest BCUT2D eigenvalue weighted by Crippen LogP contribution is -2.42. The molecule has 2 aliphatic rings. The Morgan fingerprint density at radius 2 is 2.00 bits per heavy atom. The Morgan fingerprint density at radius 3 is 2.86 bits per heavy atom. The molecule has 5 nitrogen and oxygen atoms in total. The van der Waals surface area contributed by atoms with Gasteiger partial charge in [0.2, 0.25) is 5.91 Å². The Kier molecular flexibility index (Phi) is 4.93. The Hall–Kier alpha value is -2.51. The zero-order valence-electron chi connectivity index (χ0n) is 15.9. The Bertz CT molecular complexity index is 1060. The minimum atomic E-state index is -0.433. The molecule has 29 heavy (non-hydrogen) atoms. The van der Waals surface area contributed by atoms with Gasteiger partial charge in [-0.1, -0.05) is 18.2 Å². The number of anilines is 1. The maximum absolute atomic E-state index is 12.9. The Labute approximate surface area is 177 Å². The lowest BCUT2D eigenvalue weighted by molar-refractivity contribution is -0.119. The van der Waals surface area contributed by atoms with Gasteiger partial charge in [-0.2, -0.15) is 0 Å². The van der Waals surface area contributed by atoms with Crippen molar-refractivity contribution < 1.29 is 9.59 Å². The third-order valence-corrected chi connectivity index (χ3v) is 7.29. The third kappa shape index (κ3) is 3.60. The Morgan fingerprint density at radius 1 is 1.10 bits per heavy atom. The normalized spacial score (nSPS) is 18.1. The van der Waals surface area contributed by atoms with E-state index in [0.717, 1.165) is 30.5 Å². The molecule has 3 heterocycles. The van der Waals surface area contributed by atoms with E-state index in [1.165, 1.54) is 40.2 Å². The first-order chi connectivity index (χ1) is 14.2. The zero-order chi connectivity index (χ0) is 19.8. The second-order valence-corrected chi connectivity index (χ2v) is 9.30. The largest absolute Gasteiger partial charge is 0.326 e. The molecule has 0 spiro atoms. The van der Waals surface area contributed by atoms with Crippen LogP contribution in [0.15, 0.2) is 41.1 Å². The summed E-state index contributed by atoms with van der Waals surface area (Å²) in [5.41, 5.74) is 4.83. The molecule has 0 unspecified atom stereocenters. The van der Waals surface area contributed by atoms with E-state index < -0.39 is 6.04 Å². The molecular weight excluding hydrogens is 402 g/mol. The summed E-state index contributed by atoms with van der Waals surface area (Å²) in [7, 11) is 0. The molecule has 1 aliphatic heterocycles. The van der Waals surface area contributed by atoms with Crippen molar-refractivity contribution in [2.75, 3.05) is 11.9 Å². The maximum atomic E-state index is 12.9. The minimum Gasteiger partial charge on any atom is -0.326 e. The molecular formula is C22H21N3O2S2. The van der Waals surface area contributed by atoms with Gasteiger partial charge < -0.3 is 10.2 Å². The molecule has 1 fully saturated rings. The number of nitrogens with zero attached hydrogens (tertiary/aromatic N) is 2. The smallest absolute Gasteiger partial charge is 0.264 e. The summed E-state index contributed by atoms with van der Waals surface area (Å²) in [6.07, 6.45) is 5.04. The van der Waals surface area contributed by atoms with Crippen molar-refractivity contribution >= 4 is 39.6 Å². The fourth-order valence-electron chi connectivity index (χ4n) is 4.21. The molecule has 0 bridgehead atoms. The number of carbonyl (C=O) groups excluding carboxylic acids is 2. The highest BCUT2D eigenvalue weighted by atomic mass is 32.1. The van der Waals surface area contributed by atoms with Crippen molar-refractivity contribution in [1.82, 2.24) is 9.88 Å². The van der Waals surface area contributed by atoms with Crippen LogP contribution in [-0.2, 0) is 17.6 Å². The number of rotatable bonds is 4. The predicted octanol–water partition coefficient (Wildman–Crippen LogP) is 4.60. The predicted molar refractivity (Wildman–Crippen MR) is 117 cm³/mol. The zero-order valence-corrected chi connectivity index (χ0v) is 17.5. The van der Waals surface area contributed by atoms with Gasteiger partial charge in [-0.05, 0) is 60.7 Å². The number of fused-ring (bicyclic) bond motifs is 1. The number of carbonyl (C=O) groups is 2. The second-order valence-electron chi connectivity index (χ2n) is 7.50. The summed E-state index contributed by atoms with van der Waals surface area (Å²) in [4.78, 5) is 32.6. The number of likely N-dealkylation sites (tertiary alicyclic amines) is 1. The van der Waals surface area contributed by atoms with E-state index in [9.17, 15) is 9.59 Å². The van der Waals surface area contributed by atoms with Crippen molar-refractivity contribution in [3.8, 4) is 11.3 Å². The number of nitrogens with one attached hydrogen (secondary N) is 1. The highest BCUT2D eigenvalue weighted by molar-refractivity contribution is 7.14. The average molecular weight is 424 g/mol. The number of hydrogen-bond donors (Lipinski definition) is 1. The van der Waals surface area contributed by atoms with Crippen LogP contribution in [0.5, 0.6) is 0 Å². The van der Waals surface area contributed by atoms with Gasteiger partial charge in [-0.25, -0.2) is 4.98 Å². The SMILES string of the molecule is O=C(Nc1nc(-c2ccc3c(c2)CCC3)cs1)[C@@H]1CCCN1C(=O)c1cccs1. The van der Waals surface area contributed by atoms with Gasteiger partial charge in [0.1, 0.15) is 6.04 Å². The molecule has 1 saturated heterocycles. The van der Waals surface area contributed by atoms with E-state index in [2.05, 4.69) is 28.5 Å². The lowest BCUT2D eigenvalue weighted by atomic mass is 10.1. The highest BCUT2D eigenvalue weighted by Gasteiger charge is 2.35. The van der Waals surface area contributed by atoms with Crippen LogP contribution < -0.4 is 5.32 Å². The van der Waals surface area contributed by atoms with Gasteiger partial charge in [-0.15, -0.1) is 22.7 Å². The second kappa shape index (κ2) is 7.72. The fraction of sp³-hybridized carbons (Fsp3) is 0.318. The van der Waals surface area contributed by atoms with Crippen LogP contribution in [-0.4, -0.2) is 34.3 Å². The van der Waals surface area contributed by atoms with Crippen molar-refractivity contribution in [3.63, 3.8) is 0 Å². The average Bonchev–Trinajstić information content (AvgIpc) is 3.54. The van der Waals surface area contributed by atoms with E-state index in [-0.39, 0.29) is 11.8 Å². The first-order valence-electron chi connectivity index (χ1n) is 9.92. The molecule has 1 aliphatic carbocycles. The molecule has 2 aromatic heterocycles. The third-order valence-electron chi connectivity index (χ3n) is 5.68. The highest BCUT2D eigenvalue weighted by Crippen LogP contribution is 2.30. The molecule has 3 aromatic rings. The van der Waals surface area contributed by atoms with Crippen LogP contribution in [0.4, 0.5) is 5.13 Å². The summed E-state index contributed by atoms with van der Waals surface area (Å²) < 4.78 is 0. The van der Waals surface area contributed by atoms with E-state index >= 15 is 0 Å². The molecule has 1 N–H and O–H groups in total. The van der Waals surface area contributed by atoms with Crippen LogP contribution in [0, 0.1) is 0 Å². The molecule has 1 atom stereocenters. The first-order valence-corrected chi connectivity index (χ1v) is 11.7. The fourth-order valence-corrected chi connectivity index (χ4v) is 5.61. The number of hydrogen-bond acceptors (Lipinski definition) is 5. The molecule has 5 rings (SSSR count). The van der Waals surface area contributed by atoms with Crippen molar-refractivity contribution in [3.05, 3.63) is 57.1 Å². The maximum Gasteiger partial charge on any atom is 0.264 e. The van der Waals surface area contributed by atoms with Crippen molar-refractivity contribution in [2.45, 2.75) is 38.1 Å². The summed E-state index contributed by atoms with van der Waals surface area (Å²) >= 11 is 2.84. The van der Waals surface area contributed by atoms with E-state index in [1.54, 1.807) is 4.90 Å². The van der Waals surface area contributed by atoms with E-state index in [4.69, 9.17) is 0 Å². The van der Waals surface area contributed by atoms with Gasteiger partial charge in [0.15, 0.2) is 5.13 Å². The number of aryl methyl sites for hydroxylation is 2. The number of thiazole rings is 1. The summed E-state index contributed by atoms with van der Waals surface area (Å²) in [5.74, 6) is -0.210. The van der Waals surface area contributed by atoms with Crippen LogP contribution in [0.3, 0.4) is 0 Å². The monoisotopic (exact) mass is 423 g/mol. The van der Waals surface area contributed by atoms with Gasteiger partial charge in [-0.3, -0.25) is 9.59 Å². The number of aromatic nitrogens is 1. The van der Waals surface area contributed by atoms with Gasteiger partial charge in [0, 0.05) is 17.5 Å². The number of benzene rings is 1. The molecule has 1 aromatic carbocycles. The molecule has 2 amide bonds. The van der Waals surface area contributed by atoms with Gasteiger partial charge >= 0.3 is 0 Å². The first kappa shape index (κ1) is 18.5. The molecule has 0 radical (unpaired) electrons. The standard InChI is InChI=1S/C22H21N3O2S2/c26-20(18-6-2-10-25(18)21(27)19-7-3-11-28-19)24-22-23-17(13-29-22)16-9-8-14-4-1-5-15(14)12-16/h3,7-9,11-13,18H,1-2,4-6,10H2,(H,23,24,26)/t18-/m0/s1. The quantitative estimate of drug-likeness (QED) is 0.667. The topological polar surface area (TPSA) is 62.3 Å². The number of thiophene rings is 1. The summed E-state index contributed by atoms with van der Waals surface area (Å²) in [5, 5.41) is 7.38. The van der Waals surface area contributed by atoms with Crippen LogP contribution in [0.1, 0.15) is 40.1 Å². The summed E-state index contributed by atoms with van der Waals surface area (Å²) in [6.45, 7) is 0.618. The lowest BCUT2D eigenvalue weighted by Gasteiger charge is -2.22. The van der Waals surface area contributed by atoms with Gasteiger partial charge in [0.05, 0.1) is 10.6 Å². The van der Waals surface area contributed by atoms with Crippen molar-refractivity contribution in [2.24, 2.45) is 0 Å². The molecule has 7 heteroatoms. The van der Waals surface area contributed by atoms with Crippen molar-refractivity contribution in [1.29, 1.82) is 0 Å². The van der Waals surface area contributed by atoms with Crippen LogP contribution >= 0.6 is 22.7 Å². The van der Waals surface area contributed by atoms with Crippen LogP contribution in [0.2, 0.25) is 0 Å². The minimum absolute atomic E-state index is 0.0596. The Balaban J connectivity index is 1.29. The molecule has 148 valence electrons. The van der Waals surface area contributed by atoms with Gasteiger partial charge in [0.25, 0.3) is 5.91 Å². The van der Waals surface area contributed by atoms with Crippen LogP contribution in [0.25, 0.3) is 11.3 Å². The number of amides is 2. The van der Waals surface area contributed by atoms with E-state index in [1.807, 2.05) is 22.9 Å². The van der Waals surface area contributed by atoms with E-state index in [0.29, 0.717) is 23.0 Å². The molecule has 0 saturated carbocycles.